The van der Waals surface area contributed by atoms with Crippen molar-refractivity contribution in [1.29, 1.82) is 0 Å². The summed E-state index contributed by atoms with van der Waals surface area (Å²) >= 11 is 0. The first-order valence-corrected chi connectivity index (χ1v) is 10.8. The molecule has 28 heavy (non-hydrogen) atoms. The van der Waals surface area contributed by atoms with Crippen LogP contribution in [0, 0.1) is 0 Å². The number of hydrogen-bond acceptors (Lipinski definition) is 4. The highest BCUT2D eigenvalue weighted by Gasteiger charge is 2.30. The molecule has 2 fully saturated rings. The normalized spacial score (nSPS) is 21.5. The van der Waals surface area contributed by atoms with Gasteiger partial charge in [0.05, 0.1) is 13.2 Å². The van der Waals surface area contributed by atoms with Crippen LogP contribution in [-0.2, 0) is 17.8 Å². The molecule has 0 aromatic heterocycles. The Balaban J connectivity index is 1.47. The zero-order chi connectivity index (χ0) is 19.8. The lowest BCUT2D eigenvalue weighted by Gasteiger charge is -2.32. The van der Waals surface area contributed by atoms with Gasteiger partial charge in [-0.05, 0) is 30.6 Å². The largest absolute Gasteiger partial charge is 0.379 e. The second-order valence-electron chi connectivity index (χ2n) is 7.72. The van der Waals surface area contributed by atoms with E-state index in [1.807, 2.05) is 7.05 Å². The van der Waals surface area contributed by atoms with Crippen molar-refractivity contribution >= 4 is 5.96 Å². The van der Waals surface area contributed by atoms with E-state index in [2.05, 4.69) is 63.1 Å². The fraction of sp³-hybridized carbons (Fsp3) is 0.682. The lowest BCUT2D eigenvalue weighted by Crippen LogP contribution is -2.46. The number of guanidine groups is 1. The molecule has 2 saturated heterocycles. The van der Waals surface area contributed by atoms with Crippen LogP contribution in [0.4, 0.5) is 0 Å². The minimum Gasteiger partial charge on any atom is -0.379 e. The smallest absolute Gasteiger partial charge is 0.193 e. The number of morpholine rings is 1. The Labute approximate surface area is 170 Å². The van der Waals surface area contributed by atoms with Gasteiger partial charge in [-0.25, -0.2) is 0 Å². The summed E-state index contributed by atoms with van der Waals surface area (Å²) < 4.78 is 5.49. The van der Waals surface area contributed by atoms with Crippen LogP contribution in [-0.4, -0.2) is 86.2 Å². The SMILES string of the molecule is CCN(CC)Cc1ccc(CNC(=NC)N2CCC(N3CCOCC3)C2)cc1. The van der Waals surface area contributed by atoms with Gasteiger partial charge in [-0.2, -0.15) is 0 Å². The quantitative estimate of drug-likeness (QED) is 0.573. The molecule has 156 valence electrons. The van der Waals surface area contributed by atoms with E-state index >= 15 is 0 Å². The van der Waals surface area contributed by atoms with Crippen molar-refractivity contribution in [2.75, 3.05) is 59.5 Å². The van der Waals surface area contributed by atoms with Crippen molar-refractivity contribution in [3.63, 3.8) is 0 Å². The lowest BCUT2D eigenvalue weighted by atomic mass is 10.1. The third kappa shape index (κ3) is 5.69. The summed E-state index contributed by atoms with van der Waals surface area (Å²) in [6.45, 7) is 14.5. The lowest BCUT2D eigenvalue weighted by molar-refractivity contribution is 0.0195. The summed E-state index contributed by atoms with van der Waals surface area (Å²) in [5.41, 5.74) is 2.68. The van der Waals surface area contributed by atoms with E-state index in [9.17, 15) is 0 Å². The van der Waals surface area contributed by atoms with Gasteiger partial charge in [0.15, 0.2) is 5.96 Å². The molecule has 1 unspecified atom stereocenters. The van der Waals surface area contributed by atoms with Gasteiger partial charge in [0, 0.05) is 52.4 Å². The van der Waals surface area contributed by atoms with Gasteiger partial charge in [0.25, 0.3) is 0 Å². The second kappa shape index (κ2) is 10.8. The molecule has 2 aliphatic heterocycles. The molecule has 2 aliphatic rings. The average Bonchev–Trinajstić information content (AvgIpc) is 3.24. The molecule has 1 N–H and O–H groups in total. The van der Waals surface area contributed by atoms with Crippen molar-refractivity contribution < 1.29 is 4.74 Å². The van der Waals surface area contributed by atoms with Crippen LogP contribution in [0.1, 0.15) is 31.4 Å². The van der Waals surface area contributed by atoms with Crippen LogP contribution >= 0.6 is 0 Å². The molecule has 1 atom stereocenters. The standard InChI is InChI=1S/C22H37N5O/c1-4-25(5-2)17-20-8-6-19(7-9-20)16-24-22(23-3)27-11-10-21(18-27)26-12-14-28-15-13-26/h6-9,21H,4-5,10-18H2,1-3H3,(H,23,24). The predicted octanol–water partition coefficient (Wildman–Crippen LogP) is 2.01. The summed E-state index contributed by atoms with van der Waals surface area (Å²) in [5, 5.41) is 3.56. The van der Waals surface area contributed by atoms with E-state index in [4.69, 9.17) is 4.74 Å². The second-order valence-corrected chi connectivity index (χ2v) is 7.72. The van der Waals surface area contributed by atoms with E-state index in [0.717, 1.165) is 71.5 Å². The predicted molar refractivity (Wildman–Crippen MR) is 116 cm³/mol. The van der Waals surface area contributed by atoms with Crippen LogP contribution < -0.4 is 5.32 Å². The molecule has 2 heterocycles. The zero-order valence-electron chi connectivity index (χ0n) is 17.9. The highest BCUT2D eigenvalue weighted by molar-refractivity contribution is 5.80. The topological polar surface area (TPSA) is 43.3 Å². The molecular formula is C22H37N5O. The molecule has 0 bridgehead atoms. The first-order chi connectivity index (χ1) is 13.7. The van der Waals surface area contributed by atoms with Crippen molar-refractivity contribution in [1.82, 2.24) is 20.0 Å². The van der Waals surface area contributed by atoms with Gasteiger partial charge in [0.2, 0.25) is 0 Å². The fourth-order valence-corrected chi connectivity index (χ4v) is 4.16. The fourth-order valence-electron chi connectivity index (χ4n) is 4.16. The first kappa shape index (κ1) is 21.1. The summed E-state index contributed by atoms with van der Waals surface area (Å²) in [7, 11) is 1.89. The van der Waals surface area contributed by atoms with Crippen LogP contribution in [0.5, 0.6) is 0 Å². The van der Waals surface area contributed by atoms with E-state index in [0.29, 0.717) is 6.04 Å². The summed E-state index contributed by atoms with van der Waals surface area (Å²) in [6, 6.07) is 9.60. The van der Waals surface area contributed by atoms with Crippen LogP contribution in [0.2, 0.25) is 0 Å². The molecule has 3 rings (SSSR count). The van der Waals surface area contributed by atoms with Crippen LogP contribution in [0.15, 0.2) is 29.3 Å². The van der Waals surface area contributed by atoms with Crippen molar-refractivity contribution in [2.45, 2.75) is 39.4 Å². The highest BCUT2D eigenvalue weighted by atomic mass is 16.5. The van der Waals surface area contributed by atoms with Crippen LogP contribution in [0.3, 0.4) is 0 Å². The monoisotopic (exact) mass is 387 g/mol. The third-order valence-corrected chi connectivity index (χ3v) is 6.01. The minimum atomic E-state index is 0.627. The Morgan fingerprint density at radius 1 is 1.11 bits per heavy atom. The third-order valence-electron chi connectivity index (χ3n) is 6.01. The zero-order valence-corrected chi connectivity index (χ0v) is 17.9. The molecule has 0 aliphatic carbocycles. The van der Waals surface area contributed by atoms with E-state index in [1.54, 1.807) is 0 Å². The highest BCUT2D eigenvalue weighted by Crippen LogP contribution is 2.17. The molecule has 0 spiro atoms. The van der Waals surface area contributed by atoms with Crippen LogP contribution in [0.25, 0.3) is 0 Å². The maximum atomic E-state index is 5.49. The summed E-state index contributed by atoms with van der Waals surface area (Å²) in [6.07, 6.45) is 1.21. The van der Waals surface area contributed by atoms with Gasteiger partial charge >= 0.3 is 0 Å². The number of nitrogens with zero attached hydrogens (tertiary/aromatic N) is 4. The van der Waals surface area contributed by atoms with Gasteiger partial charge < -0.3 is 15.0 Å². The molecule has 0 amide bonds. The molecular weight excluding hydrogens is 350 g/mol. The van der Waals surface area contributed by atoms with Gasteiger partial charge in [-0.1, -0.05) is 38.1 Å². The number of benzene rings is 1. The Hall–Kier alpha value is -1.63. The Bertz CT molecular complexity index is 608. The summed E-state index contributed by atoms with van der Waals surface area (Å²) in [5.74, 6) is 1.02. The minimum absolute atomic E-state index is 0.627. The number of hydrogen-bond donors (Lipinski definition) is 1. The van der Waals surface area contributed by atoms with E-state index in [-0.39, 0.29) is 0 Å². The Morgan fingerprint density at radius 3 is 2.43 bits per heavy atom. The molecule has 6 nitrogen and oxygen atoms in total. The number of ether oxygens (including phenoxy) is 1. The molecule has 0 saturated carbocycles. The number of aliphatic imine (C=N–C) groups is 1. The van der Waals surface area contributed by atoms with Gasteiger partial charge in [0.1, 0.15) is 0 Å². The van der Waals surface area contributed by atoms with Crippen molar-refractivity contribution in [3.8, 4) is 0 Å². The van der Waals surface area contributed by atoms with E-state index in [1.165, 1.54) is 17.5 Å². The van der Waals surface area contributed by atoms with Gasteiger partial charge in [-0.3, -0.25) is 14.8 Å². The molecule has 1 aromatic rings. The van der Waals surface area contributed by atoms with E-state index < -0.39 is 0 Å². The summed E-state index contributed by atoms with van der Waals surface area (Å²) in [4.78, 5) is 11.9. The number of rotatable bonds is 7. The van der Waals surface area contributed by atoms with Crippen molar-refractivity contribution in [2.24, 2.45) is 4.99 Å². The number of nitrogens with one attached hydrogen (secondary N) is 1. The molecule has 6 heteroatoms. The number of likely N-dealkylation sites (tertiary alicyclic amines) is 1. The Morgan fingerprint density at radius 2 is 1.79 bits per heavy atom. The van der Waals surface area contributed by atoms with Crippen molar-refractivity contribution in [3.05, 3.63) is 35.4 Å². The molecule has 0 radical (unpaired) electrons. The van der Waals surface area contributed by atoms with Gasteiger partial charge in [-0.15, -0.1) is 0 Å². The average molecular weight is 388 g/mol. The maximum absolute atomic E-state index is 5.49. The molecule has 1 aromatic carbocycles. The maximum Gasteiger partial charge on any atom is 0.193 e. The first-order valence-electron chi connectivity index (χ1n) is 10.8. The Kier molecular flexibility index (Phi) is 8.13.